The van der Waals surface area contributed by atoms with E-state index in [-0.39, 0.29) is 9.52 Å². The first-order valence-electron chi connectivity index (χ1n) is 5.83. The zero-order valence-electron chi connectivity index (χ0n) is 9.36. The van der Waals surface area contributed by atoms with Crippen LogP contribution in [0.5, 0.6) is 0 Å². The number of hydrogen-bond acceptors (Lipinski definition) is 2. The molecule has 0 saturated heterocycles. The summed E-state index contributed by atoms with van der Waals surface area (Å²) < 4.78 is 0. The van der Waals surface area contributed by atoms with E-state index in [0.29, 0.717) is 0 Å². The van der Waals surface area contributed by atoms with E-state index in [1.165, 1.54) is 51.1 Å². The van der Waals surface area contributed by atoms with Crippen LogP contribution >= 0.6 is 0 Å². The molecule has 80 valence electrons. The molecule has 0 saturated carbocycles. The minimum absolute atomic E-state index is 0.133. The van der Waals surface area contributed by atoms with E-state index in [1.54, 1.807) is 0 Å². The van der Waals surface area contributed by atoms with Crippen LogP contribution in [0.3, 0.4) is 0 Å². The van der Waals surface area contributed by atoms with Crippen molar-refractivity contribution in [3.8, 4) is 0 Å². The highest BCUT2D eigenvalue weighted by molar-refractivity contribution is 6.35. The zero-order chi connectivity index (χ0) is 9.78. The molecule has 0 rings (SSSR count). The van der Waals surface area contributed by atoms with Crippen molar-refractivity contribution in [1.82, 2.24) is 10.6 Å². The molecule has 0 unspecified atom stereocenters. The summed E-state index contributed by atoms with van der Waals surface area (Å²) in [5.74, 6) is 0. The fraction of sp³-hybridized carbons (Fsp3) is 1.00. The van der Waals surface area contributed by atoms with Crippen molar-refractivity contribution in [3.05, 3.63) is 0 Å². The molecule has 2 nitrogen and oxygen atoms in total. The molecule has 0 aromatic heterocycles. The van der Waals surface area contributed by atoms with Crippen molar-refractivity contribution < 1.29 is 0 Å². The monoisotopic (exact) mass is 202 g/mol. The van der Waals surface area contributed by atoms with Gasteiger partial charge >= 0.3 is 0 Å². The van der Waals surface area contributed by atoms with Crippen LogP contribution in [-0.2, 0) is 0 Å². The van der Waals surface area contributed by atoms with Gasteiger partial charge < -0.3 is 10.6 Å². The van der Waals surface area contributed by atoms with Gasteiger partial charge in [-0.1, -0.05) is 26.7 Å². The lowest BCUT2D eigenvalue weighted by molar-refractivity contribution is 0.680. The van der Waals surface area contributed by atoms with Crippen LogP contribution in [0.15, 0.2) is 0 Å². The molecule has 0 aliphatic rings. The average molecular weight is 202 g/mol. The molecular formula is C10H26N2Si. The van der Waals surface area contributed by atoms with Gasteiger partial charge in [0.1, 0.15) is 0 Å². The molecule has 0 aliphatic heterocycles. The molecule has 13 heavy (non-hydrogen) atoms. The SMILES string of the molecule is CCCCNC[SiH2]CNCCCC. The molecule has 0 aromatic rings. The predicted octanol–water partition coefficient (Wildman–Crippen LogP) is 0.850. The molecule has 0 atom stereocenters. The first kappa shape index (κ1) is 13.1. The van der Waals surface area contributed by atoms with Crippen molar-refractivity contribution in [1.29, 1.82) is 0 Å². The summed E-state index contributed by atoms with van der Waals surface area (Å²) in [4.78, 5) is 0. The first-order chi connectivity index (χ1) is 6.41. The molecule has 0 radical (unpaired) electrons. The van der Waals surface area contributed by atoms with Gasteiger partial charge in [-0.05, 0) is 38.3 Å². The summed E-state index contributed by atoms with van der Waals surface area (Å²) in [6.45, 7) is 6.92. The summed E-state index contributed by atoms with van der Waals surface area (Å²) in [7, 11) is 0.133. The third kappa shape index (κ3) is 12.1. The van der Waals surface area contributed by atoms with Crippen molar-refractivity contribution in [2.45, 2.75) is 39.5 Å². The van der Waals surface area contributed by atoms with E-state index in [1.807, 2.05) is 0 Å². The van der Waals surface area contributed by atoms with Crippen molar-refractivity contribution in [3.63, 3.8) is 0 Å². The van der Waals surface area contributed by atoms with E-state index in [0.717, 1.165) is 0 Å². The number of hydrogen-bond donors (Lipinski definition) is 2. The fourth-order valence-corrected chi connectivity index (χ4v) is 2.37. The summed E-state index contributed by atoms with van der Waals surface area (Å²) in [6.07, 6.45) is 7.89. The fourth-order valence-electron chi connectivity index (χ4n) is 1.19. The Bertz CT molecular complexity index is 79.0. The van der Waals surface area contributed by atoms with Gasteiger partial charge in [-0.3, -0.25) is 0 Å². The van der Waals surface area contributed by atoms with Crippen LogP contribution in [0.2, 0.25) is 0 Å². The Kier molecular flexibility index (Phi) is 12.3. The molecule has 3 heteroatoms. The molecule has 0 amide bonds. The number of nitrogens with one attached hydrogen (secondary N) is 2. The molecular weight excluding hydrogens is 176 g/mol. The van der Waals surface area contributed by atoms with Crippen LogP contribution in [0, 0.1) is 0 Å². The molecule has 0 aromatic carbocycles. The maximum atomic E-state index is 3.50. The second-order valence-electron chi connectivity index (χ2n) is 3.56. The van der Waals surface area contributed by atoms with E-state index in [9.17, 15) is 0 Å². The van der Waals surface area contributed by atoms with Gasteiger partial charge in [0, 0.05) is 0 Å². The predicted molar refractivity (Wildman–Crippen MR) is 64.1 cm³/mol. The largest absolute Gasteiger partial charge is 0.320 e. The highest BCUT2D eigenvalue weighted by Gasteiger charge is 1.89. The van der Waals surface area contributed by atoms with Crippen LogP contribution in [-0.4, -0.2) is 34.9 Å². The van der Waals surface area contributed by atoms with E-state index >= 15 is 0 Å². The van der Waals surface area contributed by atoms with Crippen molar-refractivity contribution >= 4 is 9.52 Å². The van der Waals surface area contributed by atoms with Crippen LogP contribution < -0.4 is 10.6 Å². The minimum atomic E-state index is 0.133. The Morgan fingerprint density at radius 3 is 1.69 bits per heavy atom. The highest BCUT2D eigenvalue weighted by Crippen LogP contribution is 1.82. The van der Waals surface area contributed by atoms with Crippen LogP contribution in [0.1, 0.15) is 39.5 Å². The second kappa shape index (κ2) is 12.1. The summed E-state index contributed by atoms with van der Waals surface area (Å²) >= 11 is 0. The summed E-state index contributed by atoms with van der Waals surface area (Å²) in [5, 5.41) is 7.00. The molecule has 0 fully saturated rings. The quantitative estimate of drug-likeness (QED) is 0.405. The maximum absolute atomic E-state index is 3.50. The van der Waals surface area contributed by atoms with E-state index in [4.69, 9.17) is 0 Å². The molecule has 2 N–H and O–H groups in total. The lowest BCUT2D eigenvalue weighted by atomic mass is 10.3. The second-order valence-corrected chi connectivity index (χ2v) is 5.27. The Labute approximate surface area is 85.7 Å². The van der Waals surface area contributed by atoms with Gasteiger partial charge in [-0.25, -0.2) is 0 Å². The topological polar surface area (TPSA) is 24.1 Å². The standard InChI is InChI=1S/C10H26N2Si/c1-3-5-7-11-9-13-10-12-8-6-4-2/h11-12H,3-10,13H2,1-2H3. The minimum Gasteiger partial charge on any atom is -0.320 e. The lowest BCUT2D eigenvalue weighted by Gasteiger charge is -2.04. The van der Waals surface area contributed by atoms with Gasteiger partial charge in [-0.15, -0.1) is 0 Å². The normalized spacial score (nSPS) is 10.6. The van der Waals surface area contributed by atoms with Gasteiger partial charge in [0.2, 0.25) is 0 Å². The first-order valence-corrected chi connectivity index (χ1v) is 7.83. The third-order valence-corrected chi connectivity index (χ3v) is 3.54. The Morgan fingerprint density at radius 2 is 1.31 bits per heavy atom. The summed E-state index contributed by atoms with van der Waals surface area (Å²) in [6, 6.07) is 0. The van der Waals surface area contributed by atoms with Crippen molar-refractivity contribution in [2.75, 3.05) is 25.4 Å². The zero-order valence-corrected chi connectivity index (χ0v) is 10.8. The Morgan fingerprint density at radius 1 is 0.846 bits per heavy atom. The van der Waals surface area contributed by atoms with Gasteiger partial charge in [-0.2, -0.15) is 0 Å². The number of unbranched alkanes of at least 4 members (excludes halogenated alkanes) is 2. The average Bonchev–Trinajstić information content (AvgIpc) is 2.16. The van der Waals surface area contributed by atoms with Crippen LogP contribution in [0.4, 0.5) is 0 Å². The molecule has 0 heterocycles. The Hall–Kier alpha value is 0.137. The highest BCUT2D eigenvalue weighted by atomic mass is 28.2. The maximum Gasteiger partial charge on any atom is 0.0526 e. The number of rotatable bonds is 10. The van der Waals surface area contributed by atoms with Gasteiger partial charge in [0.15, 0.2) is 0 Å². The third-order valence-electron chi connectivity index (χ3n) is 2.12. The Balaban J connectivity index is 2.76. The lowest BCUT2D eigenvalue weighted by Crippen LogP contribution is -2.30. The molecule has 0 spiro atoms. The molecule has 0 bridgehead atoms. The van der Waals surface area contributed by atoms with Gasteiger partial charge in [0.05, 0.1) is 9.52 Å². The van der Waals surface area contributed by atoms with Gasteiger partial charge in [0.25, 0.3) is 0 Å². The van der Waals surface area contributed by atoms with Crippen molar-refractivity contribution in [2.24, 2.45) is 0 Å². The summed E-state index contributed by atoms with van der Waals surface area (Å²) in [5.41, 5.74) is 0. The van der Waals surface area contributed by atoms with Crippen LogP contribution in [0.25, 0.3) is 0 Å². The smallest absolute Gasteiger partial charge is 0.0526 e. The van der Waals surface area contributed by atoms with E-state index < -0.39 is 0 Å². The van der Waals surface area contributed by atoms with E-state index in [2.05, 4.69) is 24.5 Å². The molecule has 0 aliphatic carbocycles.